The molecular formula is C43H33N. The second-order valence-corrected chi connectivity index (χ2v) is 11.6. The fraction of sp³-hybridized carbons (Fsp3) is 0.0698. The van der Waals surface area contributed by atoms with Crippen LogP contribution >= 0.6 is 0 Å². The maximum absolute atomic E-state index is 2.42. The number of hydrogen-bond donors (Lipinski definition) is 0. The van der Waals surface area contributed by atoms with Crippen molar-refractivity contribution in [3.8, 4) is 22.3 Å². The van der Waals surface area contributed by atoms with Crippen LogP contribution in [0.15, 0.2) is 182 Å². The van der Waals surface area contributed by atoms with E-state index < -0.39 is 5.41 Å². The molecule has 210 valence electrons. The summed E-state index contributed by atoms with van der Waals surface area (Å²) in [4.78, 5) is 2.42. The summed E-state index contributed by atoms with van der Waals surface area (Å²) in [6.07, 6.45) is 9.05. The van der Waals surface area contributed by atoms with Crippen LogP contribution in [0.4, 0.5) is 11.4 Å². The smallest absolute Gasteiger partial charge is 0.0714 e. The minimum atomic E-state index is -0.427. The molecule has 8 rings (SSSR count). The van der Waals surface area contributed by atoms with Gasteiger partial charge in [0.25, 0.3) is 0 Å². The number of benzene rings is 6. The Labute approximate surface area is 260 Å². The third kappa shape index (κ3) is 4.24. The van der Waals surface area contributed by atoms with Gasteiger partial charge in [-0.3, -0.25) is 0 Å². The van der Waals surface area contributed by atoms with Gasteiger partial charge >= 0.3 is 0 Å². The minimum absolute atomic E-state index is 0.427. The highest BCUT2D eigenvalue weighted by atomic mass is 15.1. The molecule has 0 atom stereocenters. The molecule has 1 heteroatoms. The third-order valence-corrected chi connectivity index (χ3v) is 9.16. The molecule has 0 spiro atoms. The summed E-state index contributed by atoms with van der Waals surface area (Å²) in [7, 11) is 0. The number of allylic oxidation sites excluding steroid dienone is 3. The summed E-state index contributed by atoms with van der Waals surface area (Å²) < 4.78 is 0. The summed E-state index contributed by atoms with van der Waals surface area (Å²) >= 11 is 0. The van der Waals surface area contributed by atoms with Crippen molar-refractivity contribution in [1.29, 1.82) is 0 Å². The van der Waals surface area contributed by atoms with Crippen LogP contribution in [-0.2, 0) is 5.41 Å². The quantitative estimate of drug-likeness (QED) is 0.194. The highest BCUT2D eigenvalue weighted by molar-refractivity contribution is 5.87. The Hall–Kier alpha value is -5.40. The average molecular weight is 564 g/mol. The highest BCUT2D eigenvalue weighted by Gasteiger charge is 2.46. The van der Waals surface area contributed by atoms with E-state index in [9.17, 15) is 0 Å². The van der Waals surface area contributed by atoms with Gasteiger partial charge in [-0.15, -0.1) is 0 Å². The molecule has 6 aromatic carbocycles. The Bertz CT molecular complexity index is 1950. The lowest BCUT2D eigenvalue weighted by Gasteiger charge is -2.35. The maximum atomic E-state index is 2.42. The Balaban J connectivity index is 1.33. The molecule has 2 aliphatic carbocycles. The largest absolute Gasteiger partial charge is 0.311 e. The lowest BCUT2D eigenvalue weighted by Crippen LogP contribution is -2.29. The molecule has 0 fully saturated rings. The molecule has 1 nitrogen and oxygen atoms in total. The van der Waals surface area contributed by atoms with Gasteiger partial charge in [0.15, 0.2) is 0 Å². The van der Waals surface area contributed by atoms with Crippen LogP contribution in [0.3, 0.4) is 0 Å². The molecule has 0 heterocycles. The van der Waals surface area contributed by atoms with Crippen LogP contribution in [0.1, 0.15) is 35.1 Å². The topological polar surface area (TPSA) is 3.24 Å². The van der Waals surface area contributed by atoms with Crippen molar-refractivity contribution >= 4 is 11.4 Å². The molecule has 0 saturated heterocycles. The fourth-order valence-corrected chi connectivity index (χ4v) is 7.24. The number of rotatable bonds is 6. The first-order valence-corrected chi connectivity index (χ1v) is 15.5. The molecule has 0 N–H and O–H groups in total. The Morgan fingerprint density at radius 3 is 1.70 bits per heavy atom. The van der Waals surface area contributed by atoms with Gasteiger partial charge in [-0.25, -0.2) is 0 Å². The van der Waals surface area contributed by atoms with Crippen LogP contribution in [-0.4, -0.2) is 0 Å². The van der Waals surface area contributed by atoms with Crippen LogP contribution in [0.2, 0.25) is 0 Å². The van der Waals surface area contributed by atoms with Crippen molar-refractivity contribution in [2.24, 2.45) is 0 Å². The van der Waals surface area contributed by atoms with Gasteiger partial charge in [0, 0.05) is 17.1 Å². The van der Waals surface area contributed by atoms with E-state index in [0.717, 1.165) is 24.2 Å². The van der Waals surface area contributed by atoms with E-state index in [4.69, 9.17) is 0 Å². The second-order valence-electron chi connectivity index (χ2n) is 11.6. The van der Waals surface area contributed by atoms with Gasteiger partial charge in [-0.2, -0.15) is 0 Å². The van der Waals surface area contributed by atoms with Crippen molar-refractivity contribution in [2.45, 2.75) is 18.3 Å². The van der Waals surface area contributed by atoms with E-state index in [1.807, 2.05) is 0 Å². The molecule has 0 amide bonds. The van der Waals surface area contributed by atoms with E-state index in [2.05, 4.69) is 181 Å². The predicted molar refractivity (Wildman–Crippen MR) is 184 cm³/mol. The van der Waals surface area contributed by atoms with E-state index in [1.54, 1.807) is 0 Å². The highest BCUT2D eigenvalue weighted by Crippen LogP contribution is 2.56. The molecule has 44 heavy (non-hydrogen) atoms. The number of fused-ring (bicyclic) bond motifs is 3. The molecule has 0 aliphatic heterocycles. The summed E-state index contributed by atoms with van der Waals surface area (Å²) in [5.74, 6) is 0. The van der Waals surface area contributed by atoms with Crippen LogP contribution in [0.5, 0.6) is 0 Å². The number of hydrogen-bond acceptors (Lipinski definition) is 1. The van der Waals surface area contributed by atoms with Crippen LogP contribution in [0, 0.1) is 0 Å². The summed E-state index contributed by atoms with van der Waals surface area (Å²) in [5, 5.41) is 0. The number of nitrogens with zero attached hydrogens (tertiary/aromatic N) is 1. The minimum Gasteiger partial charge on any atom is -0.311 e. The lowest BCUT2D eigenvalue weighted by atomic mass is 9.67. The van der Waals surface area contributed by atoms with E-state index in [1.165, 1.54) is 50.2 Å². The van der Waals surface area contributed by atoms with Crippen LogP contribution < -0.4 is 4.90 Å². The van der Waals surface area contributed by atoms with Gasteiger partial charge in [0.05, 0.1) is 5.41 Å². The first kappa shape index (κ1) is 26.2. The Kier molecular flexibility index (Phi) is 6.57. The monoisotopic (exact) mass is 563 g/mol. The normalized spacial score (nSPS) is 14.4. The summed E-state index contributed by atoms with van der Waals surface area (Å²) in [5.41, 5.74) is 13.4. The van der Waals surface area contributed by atoms with Gasteiger partial charge in [0.1, 0.15) is 0 Å². The van der Waals surface area contributed by atoms with Crippen molar-refractivity contribution in [3.05, 3.63) is 204 Å². The van der Waals surface area contributed by atoms with Crippen molar-refractivity contribution in [1.82, 2.24) is 0 Å². The molecule has 0 aromatic heterocycles. The van der Waals surface area contributed by atoms with Crippen molar-refractivity contribution in [2.75, 3.05) is 4.90 Å². The summed E-state index contributed by atoms with van der Waals surface area (Å²) in [6.45, 7) is 0. The van der Waals surface area contributed by atoms with E-state index >= 15 is 0 Å². The molecular weight excluding hydrogens is 530 g/mol. The zero-order valence-electron chi connectivity index (χ0n) is 24.6. The zero-order valence-corrected chi connectivity index (χ0v) is 24.6. The Morgan fingerprint density at radius 2 is 1.05 bits per heavy atom. The molecule has 2 aliphatic rings. The Morgan fingerprint density at radius 1 is 0.455 bits per heavy atom. The molecule has 6 aromatic rings. The molecule has 0 radical (unpaired) electrons. The fourth-order valence-electron chi connectivity index (χ4n) is 7.24. The third-order valence-electron chi connectivity index (χ3n) is 9.16. The van der Waals surface area contributed by atoms with E-state index in [-0.39, 0.29) is 0 Å². The maximum Gasteiger partial charge on any atom is 0.0714 e. The SMILES string of the molecule is C1=CC(N(c2ccc(-c3ccccc3)cc2)c2cccc(C3(c4ccccc4)c4ccccc4-c4ccccc43)c2)=CCC1. The lowest BCUT2D eigenvalue weighted by molar-refractivity contribution is 0.768. The summed E-state index contributed by atoms with van der Waals surface area (Å²) in [6, 6.07) is 57.7. The van der Waals surface area contributed by atoms with Gasteiger partial charge < -0.3 is 4.90 Å². The van der Waals surface area contributed by atoms with Crippen LogP contribution in [0.25, 0.3) is 22.3 Å². The predicted octanol–water partition coefficient (Wildman–Crippen LogP) is 11.1. The van der Waals surface area contributed by atoms with Gasteiger partial charge in [-0.05, 0) is 87.7 Å². The van der Waals surface area contributed by atoms with Crippen molar-refractivity contribution < 1.29 is 0 Å². The standard InChI is InChI=1S/C43H33N/c1-4-15-32(16-5-1)33-27-29-37(30-28-33)44(36-20-8-3-9-21-36)38-22-14-19-35(31-38)43(34-17-6-2-7-18-34)41-25-12-10-23-39(41)40-24-11-13-26-42(40)43/h1-2,4-8,10-31H,3,9H2. The second kappa shape index (κ2) is 11.0. The molecule has 0 saturated carbocycles. The first-order valence-electron chi connectivity index (χ1n) is 15.5. The van der Waals surface area contributed by atoms with Crippen molar-refractivity contribution in [3.63, 3.8) is 0 Å². The zero-order chi connectivity index (χ0) is 29.3. The first-order chi connectivity index (χ1) is 21.8. The average Bonchev–Trinajstić information content (AvgIpc) is 3.41. The molecule has 0 bridgehead atoms. The molecule has 0 unspecified atom stereocenters. The van der Waals surface area contributed by atoms with E-state index in [0.29, 0.717) is 0 Å². The van der Waals surface area contributed by atoms with Gasteiger partial charge in [0.2, 0.25) is 0 Å². The van der Waals surface area contributed by atoms with Gasteiger partial charge in [-0.1, -0.05) is 146 Å². The number of anilines is 2.